The highest BCUT2D eigenvalue weighted by molar-refractivity contribution is 5.64. The van der Waals surface area contributed by atoms with Gasteiger partial charge in [-0.25, -0.2) is 0 Å². The summed E-state index contributed by atoms with van der Waals surface area (Å²) in [6, 6.07) is 15.3. The lowest BCUT2D eigenvalue weighted by atomic mass is 9.84. The first-order valence-corrected chi connectivity index (χ1v) is 11.5. The van der Waals surface area contributed by atoms with Crippen LogP contribution in [0.3, 0.4) is 0 Å². The van der Waals surface area contributed by atoms with Crippen molar-refractivity contribution in [2.75, 3.05) is 5.32 Å². The number of ether oxygens (including phenoxy) is 1. The van der Waals surface area contributed by atoms with Crippen molar-refractivity contribution in [2.24, 2.45) is 10.9 Å². The fraction of sp³-hybridized carbons (Fsp3) is 0.393. The quantitative estimate of drug-likeness (QED) is 0.468. The van der Waals surface area contributed by atoms with Crippen LogP contribution in [-0.4, -0.2) is 12.3 Å². The first-order valence-electron chi connectivity index (χ1n) is 11.5. The lowest BCUT2D eigenvalue weighted by molar-refractivity contribution is 0.0560. The number of allylic oxidation sites excluding steroid dienone is 2. The average molecular weight is 415 g/mol. The molecular formula is C28H34N2O. The minimum atomic E-state index is 0.263. The molecule has 2 aromatic rings. The third kappa shape index (κ3) is 5.28. The molecule has 2 aliphatic rings. The SMILES string of the molecule is C=C(Nc1ccc(CC(C2=CCC(C)C=N2)c2cccc(C)c2C)cc1)OC1CCC1. The Morgan fingerprint density at radius 1 is 1.16 bits per heavy atom. The molecule has 0 amide bonds. The molecule has 0 aromatic heterocycles. The average Bonchev–Trinajstić information content (AvgIpc) is 2.73. The van der Waals surface area contributed by atoms with Gasteiger partial charge in [0.25, 0.3) is 0 Å². The van der Waals surface area contributed by atoms with Gasteiger partial charge >= 0.3 is 0 Å². The molecule has 1 saturated carbocycles. The van der Waals surface area contributed by atoms with E-state index in [1.807, 2.05) is 0 Å². The van der Waals surface area contributed by atoms with Crippen LogP contribution in [0.1, 0.15) is 60.8 Å². The van der Waals surface area contributed by atoms with Crippen molar-refractivity contribution in [3.05, 3.63) is 89.0 Å². The third-order valence-electron chi connectivity index (χ3n) is 6.59. The highest BCUT2D eigenvalue weighted by Crippen LogP contribution is 2.35. The molecule has 0 saturated heterocycles. The summed E-state index contributed by atoms with van der Waals surface area (Å²) in [5.74, 6) is 1.42. The van der Waals surface area contributed by atoms with Crippen LogP contribution in [0.25, 0.3) is 0 Å². The maximum absolute atomic E-state index is 5.83. The lowest BCUT2D eigenvalue weighted by Gasteiger charge is -2.27. The van der Waals surface area contributed by atoms with Crippen molar-refractivity contribution in [1.82, 2.24) is 0 Å². The van der Waals surface area contributed by atoms with Gasteiger partial charge in [0.2, 0.25) is 0 Å². The van der Waals surface area contributed by atoms with E-state index in [1.54, 1.807) is 0 Å². The number of nitrogens with zero attached hydrogens (tertiary/aromatic N) is 1. The minimum absolute atomic E-state index is 0.263. The van der Waals surface area contributed by atoms with Gasteiger partial charge in [-0.2, -0.15) is 0 Å². The molecular weight excluding hydrogens is 380 g/mol. The van der Waals surface area contributed by atoms with Gasteiger partial charge in [-0.05, 0) is 92.8 Å². The van der Waals surface area contributed by atoms with Crippen molar-refractivity contribution in [2.45, 2.75) is 64.9 Å². The van der Waals surface area contributed by atoms with Crippen LogP contribution in [0.5, 0.6) is 0 Å². The van der Waals surface area contributed by atoms with Crippen LogP contribution >= 0.6 is 0 Å². The zero-order chi connectivity index (χ0) is 21.8. The summed E-state index contributed by atoms with van der Waals surface area (Å²) >= 11 is 0. The number of aryl methyl sites for hydroxylation is 1. The first kappa shape index (κ1) is 21.4. The van der Waals surface area contributed by atoms with Crippen LogP contribution in [-0.2, 0) is 11.2 Å². The lowest BCUT2D eigenvalue weighted by Crippen LogP contribution is -2.22. The predicted octanol–water partition coefficient (Wildman–Crippen LogP) is 7.08. The van der Waals surface area contributed by atoms with Crippen LogP contribution in [0.4, 0.5) is 5.69 Å². The number of nitrogens with one attached hydrogen (secondary N) is 1. The van der Waals surface area contributed by atoms with Crippen LogP contribution in [0.15, 0.2) is 71.7 Å². The van der Waals surface area contributed by atoms with Crippen molar-refractivity contribution in [3.63, 3.8) is 0 Å². The standard InChI is InChI=1S/C28H34N2O/c1-19-11-16-28(29-18-19)27(26-10-5-7-20(2)21(26)3)17-23-12-14-24(15-13-23)30-22(4)31-25-8-6-9-25/h5,7,10,12-16,18-19,25,27,30H,4,6,8-9,11,17H2,1-3H3. The fourth-order valence-corrected chi connectivity index (χ4v) is 4.23. The molecule has 31 heavy (non-hydrogen) atoms. The van der Waals surface area contributed by atoms with Crippen molar-refractivity contribution in [1.29, 1.82) is 0 Å². The molecule has 2 unspecified atom stereocenters. The van der Waals surface area contributed by atoms with E-state index >= 15 is 0 Å². The van der Waals surface area contributed by atoms with Gasteiger partial charge in [0.1, 0.15) is 6.10 Å². The number of benzene rings is 2. The van der Waals surface area contributed by atoms with E-state index in [9.17, 15) is 0 Å². The van der Waals surface area contributed by atoms with E-state index in [2.05, 4.69) is 87.4 Å². The smallest absolute Gasteiger partial charge is 0.183 e. The Morgan fingerprint density at radius 3 is 2.58 bits per heavy atom. The summed E-state index contributed by atoms with van der Waals surface area (Å²) in [4.78, 5) is 4.85. The van der Waals surface area contributed by atoms with E-state index in [4.69, 9.17) is 9.73 Å². The topological polar surface area (TPSA) is 33.6 Å². The van der Waals surface area contributed by atoms with Gasteiger partial charge in [-0.15, -0.1) is 0 Å². The molecule has 2 atom stereocenters. The van der Waals surface area contributed by atoms with Gasteiger partial charge < -0.3 is 10.1 Å². The molecule has 1 N–H and O–H groups in total. The number of hydrogen-bond acceptors (Lipinski definition) is 3. The largest absolute Gasteiger partial charge is 0.476 e. The van der Waals surface area contributed by atoms with Gasteiger partial charge in [0.05, 0.1) is 0 Å². The Hall–Kier alpha value is -2.81. The highest BCUT2D eigenvalue weighted by atomic mass is 16.5. The van der Waals surface area contributed by atoms with E-state index in [0.717, 1.165) is 31.4 Å². The predicted molar refractivity (Wildman–Crippen MR) is 131 cm³/mol. The van der Waals surface area contributed by atoms with Crippen molar-refractivity contribution >= 4 is 11.9 Å². The summed E-state index contributed by atoms with van der Waals surface area (Å²) < 4.78 is 5.83. The monoisotopic (exact) mass is 414 g/mol. The Balaban J connectivity index is 1.50. The van der Waals surface area contributed by atoms with Crippen molar-refractivity contribution in [3.8, 4) is 0 Å². The second-order valence-corrected chi connectivity index (χ2v) is 9.08. The van der Waals surface area contributed by atoms with E-state index in [0.29, 0.717) is 17.9 Å². The summed E-state index contributed by atoms with van der Waals surface area (Å²) in [5.41, 5.74) is 7.58. The van der Waals surface area contributed by atoms with E-state index in [-0.39, 0.29) is 5.92 Å². The molecule has 3 nitrogen and oxygen atoms in total. The molecule has 0 radical (unpaired) electrons. The summed E-state index contributed by atoms with van der Waals surface area (Å²) in [6.07, 6.45) is 10.3. The molecule has 4 rings (SSSR count). The summed E-state index contributed by atoms with van der Waals surface area (Å²) in [7, 11) is 0. The number of hydrogen-bond donors (Lipinski definition) is 1. The first-order chi connectivity index (χ1) is 15.0. The van der Waals surface area contributed by atoms with Crippen LogP contribution < -0.4 is 5.32 Å². The Morgan fingerprint density at radius 2 is 1.94 bits per heavy atom. The van der Waals surface area contributed by atoms with Crippen LogP contribution in [0.2, 0.25) is 0 Å². The molecule has 1 fully saturated rings. The molecule has 3 heteroatoms. The minimum Gasteiger partial charge on any atom is -0.476 e. The zero-order valence-electron chi connectivity index (χ0n) is 19.0. The van der Waals surface area contributed by atoms with Gasteiger partial charge in [-0.3, -0.25) is 4.99 Å². The maximum Gasteiger partial charge on any atom is 0.183 e. The van der Waals surface area contributed by atoms with Gasteiger partial charge in [0, 0.05) is 23.5 Å². The summed E-state index contributed by atoms with van der Waals surface area (Å²) in [5, 5.41) is 3.29. The van der Waals surface area contributed by atoms with Crippen LogP contribution in [0, 0.1) is 19.8 Å². The number of anilines is 1. The van der Waals surface area contributed by atoms with Gasteiger partial charge in [0.15, 0.2) is 5.88 Å². The molecule has 0 spiro atoms. The summed E-state index contributed by atoms with van der Waals surface area (Å²) in [6.45, 7) is 10.7. The Labute approximate surface area is 186 Å². The second kappa shape index (κ2) is 9.55. The molecule has 1 aliphatic heterocycles. The molecule has 1 heterocycles. The second-order valence-electron chi connectivity index (χ2n) is 9.08. The van der Waals surface area contributed by atoms with Gasteiger partial charge in [-0.1, -0.05) is 43.3 Å². The molecule has 162 valence electrons. The highest BCUT2D eigenvalue weighted by Gasteiger charge is 2.22. The number of aliphatic imine (C=N–C) groups is 1. The third-order valence-corrected chi connectivity index (χ3v) is 6.59. The Kier molecular flexibility index (Phi) is 6.60. The maximum atomic E-state index is 5.83. The van der Waals surface area contributed by atoms with E-state index in [1.165, 1.54) is 34.4 Å². The molecule has 1 aliphatic carbocycles. The molecule has 2 aromatic carbocycles. The van der Waals surface area contributed by atoms with E-state index < -0.39 is 0 Å². The Bertz CT molecular complexity index is 983. The number of rotatable bonds is 8. The zero-order valence-corrected chi connectivity index (χ0v) is 19.0. The normalized spacial score (nSPS) is 19.3. The molecule has 0 bridgehead atoms. The van der Waals surface area contributed by atoms with Crippen molar-refractivity contribution < 1.29 is 4.74 Å². The fourth-order valence-electron chi connectivity index (χ4n) is 4.23.